The van der Waals surface area contributed by atoms with Crippen molar-refractivity contribution >= 4 is 5.91 Å². The van der Waals surface area contributed by atoms with Crippen molar-refractivity contribution < 1.29 is 4.79 Å². The molecule has 14 heavy (non-hydrogen) atoms. The highest BCUT2D eigenvalue weighted by atomic mass is 16.2. The molecule has 2 aliphatic rings. The largest absolute Gasteiger partial charge is 0.326 e. The Kier molecular flexibility index (Phi) is 2.30. The highest BCUT2D eigenvalue weighted by Crippen LogP contribution is 2.40. The smallest absolute Gasteiger partial charge is 0.244 e. The zero-order chi connectivity index (χ0) is 10.3. The summed E-state index contributed by atoms with van der Waals surface area (Å²) in [4.78, 5) is 14.0. The Morgan fingerprint density at radius 1 is 1.43 bits per heavy atom. The lowest BCUT2D eigenvalue weighted by Gasteiger charge is -2.25. The average Bonchev–Trinajstić information content (AvgIpc) is 2.76. The third kappa shape index (κ3) is 1.54. The predicted octanol–water partition coefficient (Wildman–Crippen LogP) is 1.34. The summed E-state index contributed by atoms with van der Waals surface area (Å²) in [5.41, 5.74) is -0.120. The molecule has 1 spiro atoms. The molecular weight excluding hydrogens is 176 g/mol. The number of nitrogens with zero attached hydrogens (tertiary/aromatic N) is 1. The summed E-state index contributed by atoms with van der Waals surface area (Å²) >= 11 is 0. The van der Waals surface area contributed by atoms with Crippen molar-refractivity contribution in [3.63, 3.8) is 0 Å². The van der Waals surface area contributed by atoms with Crippen LogP contribution in [0.1, 0.15) is 40.0 Å². The molecule has 80 valence electrons. The summed E-state index contributed by atoms with van der Waals surface area (Å²) in [5.74, 6) is 0.999. The van der Waals surface area contributed by atoms with Gasteiger partial charge >= 0.3 is 0 Å². The van der Waals surface area contributed by atoms with Gasteiger partial charge in [-0.1, -0.05) is 13.8 Å². The fourth-order valence-electron chi connectivity index (χ4n) is 2.34. The molecule has 0 radical (unpaired) electrons. The molecule has 1 saturated heterocycles. The number of hydrogen-bond donors (Lipinski definition) is 1. The van der Waals surface area contributed by atoms with Gasteiger partial charge in [0.25, 0.3) is 0 Å². The minimum atomic E-state index is -0.120. The van der Waals surface area contributed by atoms with Crippen molar-refractivity contribution in [1.82, 2.24) is 10.2 Å². The van der Waals surface area contributed by atoms with Gasteiger partial charge in [0.2, 0.25) is 5.91 Å². The maximum absolute atomic E-state index is 12.0. The normalized spacial score (nSPS) is 26.3. The van der Waals surface area contributed by atoms with Gasteiger partial charge in [-0.25, -0.2) is 0 Å². The van der Waals surface area contributed by atoms with E-state index in [-0.39, 0.29) is 5.54 Å². The Hall–Kier alpha value is -0.570. The summed E-state index contributed by atoms with van der Waals surface area (Å²) in [5, 5.41) is 3.34. The van der Waals surface area contributed by atoms with Gasteiger partial charge in [0.15, 0.2) is 0 Å². The monoisotopic (exact) mass is 196 g/mol. The van der Waals surface area contributed by atoms with Crippen LogP contribution in [0.5, 0.6) is 0 Å². The molecular formula is C11H20N2O. The molecule has 2 rings (SSSR count). The third-order valence-electron chi connectivity index (χ3n) is 3.35. The predicted molar refractivity (Wildman–Crippen MR) is 55.7 cm³/mol. The van der Waals surface area contributed by atoms with Crippen molar-refractivity contribution in [2.45, 2.75) is 51.6 Å². The van der Waals surface area contributed by atoms with Crippen molar-refractivity contribution in [2.75, 3.05) is 6.67 Å². The van der Waals surface area contributed by atoms with Gasteiger partial charge in [-0.3, -0.25) is 10.1 Å². The number of hydrogen-bond acceptors (Lipinski definition) is 2. The summed E-state index contributed by atoms with van der Waals surface area (Å²) in [6, 6.07) is 0.384. The van der Waals surface area contributed by atoms with Crippen LogP contribution in [0.25, 0.3) is 0 Å². The molecule has 1 unspecified atom stereocenters. The van der Waals surface area contributed by atoms with Gasteiger partial charge in [-0.2, -0.15) is 0 Å². The first-order valence-electron chi connectivity index (χ1n) is 5.61. The average molecular weight is 196 g/mol. The molecule has 3 heteroatoms. The first kappa shape index (κ1) is 9.97. The first-order valence-corrected chi connectivity index (χ1v) is 5.61. The molecule has 1 heterocycles. The zero-order valence-corrected chi connectivity index (χ0v) is 9.34. The minimum Gasteiger partial charge on any atom is -0.326 e. The van der Waals surface area contributed by atoms with E-state index in [9.17, 15) is 4.79 Å². The number of amides is 1. The van der Waals surface area contributed by atoms with Crippen molar-refractivity contribution in [3.05, 3.63) is 0 Å². The van der Waals surface area contributed by atoms with Crippen LogP contribution in [0, 0.1) is 5.92 Å². The molecule has 3 nitrogen and oxygen atoms in total. The first-order chi connectivity index (χ1) is 6.55. The Bertz CT molecular complexity index is 246. The zero-order valence-electron chi connectivity index (χ0n) is 9.34. The summed E-state index contributed by atoms with van der Waals surface area (Å²) < 4.78 is 0. The van der Waals surface area contributed by atoms with Crippen molar-refractivity contribution in [3.8, 4) is 0 Å². The second-order valence-electron chi connectivity index (χ2n) is 5.17. The Morgan fingerprint density at radius 3 is 2.50 bits per heavy atom. The van der Waals surface area contributed by atoms with Crippen LogP contribution < -0.4 is 5.32 Å². The van der Waals surface area contributed by atoms with Crippen LogP contribution in [-0.2, 0) is 4.79 Å². The highest BCUT2D eigenvalue weighted by molar-refractivity contribution is 5.91. The third-order valence-corrected chi connectivity index (χ3v) is 3.35. The lowest BCUT2D eigenvalue weighted by molar-refractivity contribution is -0.131. The van der Waals surface area contributed by atoms with Crippen LogP contribution in [0.2, 0.25) is 0 Å². The van der Waals surface area contributed by atoms with Gasteiger partial charge in [-0.05, 0) is 32.1 Å². The van der Waals surface area contributed by atoms with Crippen LogP contribution in [0.15, 0.2) is 0 Å². The Balaban J connectivity index is 1.96. The lowest BCUT2D eigenvalue weighted by atomic mass is 10.0. The molecule has 1 saturated carbocycles. The van der Waals surface area contributed by atoms with E-state index in [1.54, 1.807) is 0 Å². The van der Waals surface area contributed by atoms with Gasteiger partial charge in [0, 0.05) is 6.04 Å². The van der Waals surface area contributed by atoms with E-state index in [4.69, 9.17) is 0 Å². The number of rotatable bonds is 3. The van der Waals surface area contributed by atoms with Crippen molar-refractivity contribution in [2.24, 2.45) is 5.92 Å². The molecule has 2 fully saturated rings. The lowest BCUT2D eigenvalue weighted by Crippen LogP contribution is -2.38. The van der Waals surface area contributed by atoms with Crippen LogP contribution in [-0.4, -0.2) is 29.1 Å². The van der Waals surface area contributed by atoms with Gasteiger partial charge in [0.05, 0.1) is 12.2 Å². The van der Waals surface area contributed by atoms with Crippen LogP contribution in [0.3, 0.4) is 0 Å². The summed E-state index contributed by atoms with van der Waals surface area (Å²) in [7, 11) is 0. The van der Waals surface area contributed by atoms with E-state index >= 15 is 0 Å². The maximum Gasteiger partial charge on any atom is 0.244 e. The second kappa shape index (κ2) is 3.23. The molecule has 0 aromatic heterocycles. The Morgan fingerprint density at radius 2 is 2.07 bits per heavy atom. The Labute approximate surface area is 85.8 Å². The summed E-state index contributed by atoms with van der Waals surface area (Å²) in [6.07, 6.45) is 3.18. The molecule has 1 N–H and O–H groups in total. The van der Waals surface area contributed by atoms with Gasteiger partial charge in [-0.15, -0.1) is 0 Å². The highest BCUT2D eigenvalue weighted by Gasteiger charge is 2.56. The topological polar surface area (TPSA) is 32.3 Å². The fourth-order valence-corrected chi connectivity index (χ4v) is 2.34. The molecule has 1 aliphatic heterocycles. The van der Waals surface area contributed by atoms with E-state index in [0.29, 0.717) is 17.9 Å². The van der Waals surface area contributed by atoms with E-state index in [1.807, 2.05) is 4.90 Å². The van der Waals surface area contributed by atoms with Gasteiger partial charge < -0.3 is 4.90 Å². The molecule has 0 aromatic carbocycles. The van der Waals surface area contributed by atoms with Gasteiger partial charge in [0.1, 0.15) is 0 Å². The molecule has 1 aliphatic carbocycles. The molecule has 1 amide bonds. The number of carbonyl (C=O) groups excluding carboxylic acids is 1. The van der Waals surface area contributed by atoms with Crippen LogP contribution in [0.4, 0.5) is 0 Å². The standard InChI is InChI=1S/C11H20N2O/c1-8(2)6-9(3)13-7-12-11(4-5-11)10(13)14/h8-9,12H,4-7H2,1-3H3. The number of carbonyl (C=O) groups is 1. The molecule has 0 bridgehead atoms. The minimum absolute atomic E-state index is 0.120. The van der Waals surface area contributed by atoms with E-state index in [1.165, 1.54) is 0 Å². The quantitative estimate of drug-likeness (QED) is 0.739. The van der Waals surface area contributed by atoms with Crippen LogP contribution >= 0.6 is 0 Å². The van der Waals surface area contributed by atoms with E-state index < -0.39 is 0 Å². The second-order valence-corrected chi connectivity index (χ2v) is 5.17. The van der Waals surface area contributed by atoms with E-state index in [0.717, 1.165) is 25.9 Å². The summed E-state index contributed by atoms with van der Waals surface area (Å²) in [6.45, 7) is 7.32. The molecule has 1 atom stereocenters. The van der Waals surface area contributed by atoms with E-state index in [2.05, 4.69) is 26.1 Å². The van der Waals surface area contributed by atoms with Crippen molar-refractivity contribution in [1.29, 1.82) is 0 Å². The SMILES string of the molecule is CC(C)CC(C)N1CNC2(CC2)C1=O. The number of nitrogens with one attached hydrogen (secondary N) is 1. The maximum atomic E-state index is 12.0. The molecule has 0 aromatic rings. The fraction of sp³-hybridized carbons (Fsp3) is 0.909.